The summed E-state index contributed by atoms with van der Waals surface area (Å²) in [6, 6.07) is 45.6. The van der Waals surface area contributed by atoms with Crippen LogP contribution in [0.1, 0.15) is 45.0 Å². The number of H-pyrrole nitrogens is 1. The summed E-state index contributed by atoms with van der Waals surface area (Å²) in [7, 11) is 0. The summed E-state index contributed by atoms with van der Waals surface area (Å²) >= 11 is 0. The van der Waals surface area contributed by atoms with Gasteiger partial charge in [-0.15, -0.1) is 0 Å². The van der Waals surface area contributed by atoms with Gasteiger partial charge in [0.15, 0.2) is 0 Å². The van der Waals surface area contributed by atoms with E-state index in [0.717, 1.165) is 61.7 Å². The van der Waals surface area contributed by atoms with E-state index >= 15 is 0 Å². The molecule has 0 unspecified atom stereocenters. The van der Waals surface area contributed by atoms with Crippen LogP contribution in [0.2, 0.25) is 0 Å². The summed E-state index contributed by atoms with van der Waals surface area (Å²) in [5.74, 6) is 0. The third kappa shape index (κ3) is 6.08. The maximum absolute atomic E-state index is 5.39. The van der Waals surface area contributed by atoms with Crippen molar-refractivity contribution in [1.82, 2.24) is 19.5 Å². The Kier molecular flexibility index (Phi) is 8.91. The Bertz CT molecular complexity index is 2800. The summed E-state index contributed by atoms with van der Waals surface area (Å²) < 4.78 is 2.49. The number of fused-ring (bicyclic) bond motifs is 8. The van der Waals surface area contributed by atoms with E-state index < -0.39 is 0 Å². The van der Waals surface area contributed by atoms with E-state index in [1.54, 1.807) is 0 Å². The monoisotopic (exact) mass is 726 g/mol. The molecule has 5 heterocycles. The average molecular weight is 727 g/mol. The minimum absolute atomic E-state index is 0. The van der Waals surface area contributed by atoms with Crippen LogP contribution in [-0.2, 0) is 17.1 Å². The van der Waals surface area contributed by atoms with E-state index in [2.05, 4.69) is 189 Å². The van der Waals surface area contributed by atoms with Crippen molar-refractivity contribution >= 4 is 46.4 Å². The number of benzene rings is 4. The zero-order chi connectivity index (χ0) is 35.3. The maximum Gasteiger partial charge on any atom is 0.0737 e. The zero-order valence-electron chi connectivity index (χ0n) is 30.1. The Morgan fingerprint density at radius 2 is 0.925 bits per heavy atom. The van der Waals surface area contributed by atoms with E-state index in [0.29, 0.717) is 0 Å². The molecule has 9 rings (SSSR count). The van der Waals surface area contributed by atoms with Gasteiger partial charge in [-0.25, -0.2) is 9.97 Å². The van der Waals surface area contributed by atoms with Crippen LogP contribution in [0.3, 0.4) is 0 Å². The molecular formula is C48H38FeN4. The van der Waals surface area contributed by atoms with E-state index in [-0.39, 0.29) is 17.1 Å². The van der Waals surface area contributed by atoms with Gasteiger partial charge < -0.3 is 9.55 Å². The molecule has 2 aliphatic rings. The molecule has 0 saturated carbocycles. The van der Waals surface area contributed by atoms with Crippen LogP contribution < -0.4 is 0 Å². The fourth-order valence-corrected chi connectivity index (χ4v) is 7.72. The fraction of sp³-hybridized carbons (Fsp3) is 0.0833. The van der Waals surface area contributed by atoms with Crippen molar-refractivity contribution in [1.29, 1.82) is 0 Å². The Balaban J connectivity index is 0.00000400. The van der Waals surface area contributed by atoms with Crippen LogP contribution in [0, 0.1) is 27.7 Å². The molecule has 0 radical (unpaired) electrons. The van der Waals surface area contributed by atoms with Gasteiger partial charge in [0.25, 0.3) is 0 Å². The molecule has 7 aromatic rings. The Morgan fingerprint density at radius 1 is 0.453 bits per heavy atom. The van der Waals surface area contributed by atoms with Crippen LogP contribution in [0.15, 0.2) is 127 Å². The molecule has 5 heteroatoms. The number of aromatic amines is 1. The van der Waals surface area contributed by atoms with Gasteiger partial charge in [0, 0.05) is 50.5 Å². The smallest absolute Gasteiger partial charge is 0.0737 e. The molecule has 0 aliphatic carbocycles. The Labute approximate surface area is 320 Å². The summed E-state index contributed by atoms with van der Waals surface area (Å²) in [5.41, 5.74) is 20.6. The van der Waals surface area contributed by atoms with Crippen LogP contribution in [0.5, 0.6) is 0 Å². The predicted molar refractivity (Wildman–Crippen MR) is 219 cm³/mol. The Hall–Kier alpha value is -6.00. The Morgan fingerprint density at radius 3 is 1.51 bits per heavy atom. The van der Waals surface area contributed by atoms with Crippen molar-refractivity contribution in [2.24, 2.45) is 0 Å². The summed E-state index contributed by atoms with van der Waals surface area (Å²) in [6.45, 7) is 8.84. The average Bonchev–Trinajstić information content (AvgIpc) is 3.95. The molecule has 8 bridgehead atoms. The maximum atomic E-state index is 5.39. The third-order valence-electron chi connectivity index (χ3n) is 10.3. The first kappa shape index (κ1) is 34.1. The van der Waals surface area contributed by atoms with Crippen LogP contribution in [0.25, 0.3) is 85.4 Å². The second-order valence-electron chi connectivity index (χ2n) is 13.8. The number of aryl methyl sites for hydroxylation is 4. The summed E-state index contributed by atoms with van der Waals surface area (Å²) in [4.78, 5) is 14.1. The predicted octanol–water partition coefficient (Wildman–Crippen LogP) is 12.4. The minimum Gasteiger partial charge on any atom is -0.355 e. The van der Waals surface area contributed by atoms with Crippen molar-refractivity contribution < 1.29 is 17.1 Å². The number of rotatable bonds is 4. The van der Waals surface area contributed by atoms with Gasteiger partial charge in [0.1, 0.15) is 0 Å². The van der Waals surface area contributed by atoms with Gasteiger partial charge in [-0.05, 0) is 127 Å². The molecule has 0 amide bonds. The van der Waals surface area contributed by atoms with E-state index in [9.17, 15) is 0 Å². The molecule has 0 atom stereocenters. The molecule has 53 heavy (non-hydrogen) atoms. The topological polar surface area (TPSA) is 46.5 Å². The van der Waals surface area contributed by atoms with Crippen LogP contribution >= 0.6 is 0 Å². The van der Waals surface area contributed by atoms with E-state index in [4.69, 9.17) is 9.97 Å². The molecule has 0 saturated heterocycles. The summed E-state index contributed by atoms with van der Waals surface area (Å²) in [6.07, 6.45) is 8.53. The largest absolute Gasteiger partial charge is 0.355 e. The molecule has 1 N–H and O–H groups in total. The third-order valence-corrected chi connectivity index (χ3v) is 10.3. The van der Waals surface area contributed by atoms with Gasteiger partial charge in [0.05, 0.1) is 33.8 Å². The molecule has 0 fully saturated rings. The number of hydrogen-bond acceptors (Lipinski definition) is 2. The van der Waals surface area contributed by atoms with Crippen molar-refractivity contribution in [3.63, 3.8) is 0 Å². The molecular weight excluding hydrogens is 688 g/mol. The number of para-hydroxylation sites is 1. The first-order chi connectivity index (χ1) is 25.4. The first-order valence-corrected chi connectivity index (χ1v) is 17.8. The van der Waals surface area contributed by atoms with Gasteiger partial charge in [-0.2, -0.15) is 0 Å². The first-order valence-electron chi connectivity index (χ1n) is 17.8. The number of nitrogens with one attached hydrogen (secondary N) is 1. The molecule has 2 aliphatic heterocycles. The quantitative estimate of drug-likeness (QED) is 0.184. The molecule has 4 aromatic carbocycles. The number of hydrogen-bond donors (Lipinski definition) is 1. The van der Waals surface area contributed by atoms with E-state index in [1.165, 1.54) is 44.5 Å². The number of aromatic nitrogens is 4. The van der Waals surface area contributed by atoms with Gasteiger partial charge >= 0.3 is 0 Å². The number of nitrogens with zero attached hydrogens (tertiary/aromatic N) is 3. The molecule has 4 nitrogen and oxygen atoms in total. The molecule has 0 spiro atoms. The standard InChI is InChI=1S/C48H38N4.Fe/c1-30-13-5-9-17-39(30)45-42-26-25-37(51-42)28-36-22-21-34(49-36)27-35-23-24-38(50-35)29-44-46(40-18-10-6-14-31(40)2)47(41-19-11-7-15-32(41)3)48(45)52(44)43-20-12-8-16-33(43)4;/h5-29,49H,1-4H3;. The van der Waals surface area contributed by atoms with Crippen molar-refractivity contribution in [2.45, 2.75) is 27.7 Å². The second-order valence-corrected chi connectivity index (χ2v) is 13.8. The normalized spacial score (nSPS) is 11.8. The molecule has 258 valence electrons. The second kappa shape index (κ2) is 13.9. The van der Waals surface area contributed by atoms with Crippen LogP contribution in [0.4, 0.5) is 0 Å². The minimum atomic E-state index is 0. The van der Waals surface area contributed by atoms with Gasteiger partial charge in [-0.1, -0.05) is 91.0 Å². The van der Waals surface area contributed by atoms with Crippen molar-refractivity contribution in [3.8, 4) is 39.1 Å². The fourth-order valence-electron chi connectivity index (χ4n) is 7.72. The van der Waals surface area contributed by atoms with Gasteiger partial charge in [0.2, 0.25) is 0 Å². The summed E-state index contributed by atoms with van der Waals surface area (Å²) in [5, 5.41) is 0. The van der Waals surface area contributed by atoms with E-state index in [1.807, 2.05) is 0 Å². The zero-order valence-corrected chi connectivity index (χ0v) is 31.2. The van der Waals surface area contributed by atoms with Crippen LogP contribution in [-0.4, -0.2) is 19.5 Å². The van der Waals surface area contributed by atoms with Crippen molar-refractivity contribution in [3.05, 3.63) is 172 Å². The van der Waals surface area contributed by atoms with Crippen molar-refractivity contribution in [2.75, 3.05) is 0 Å². The van der Waals surface area contributed by atoms with Gasteiger partial charge in [-0.3, -0.25) is 0 Å². The SMILES string of the molecule is Cc1ccccc1-c1c(-c2ccccc2C)c2c(-c3ccccc3C)c3nc(cc4ccc(cc5nc(cc1n2-c1ccccc1C)C=C5)[nH]4)C=C3.[Fe]. The molecule has 3 aromatic heterocycles.